The number of esters is 2. The standard InChI is InChI=1S/C34H53N2O5/c1-6-15-36(16-7-8-17-36)30-21-28-26-10-9-25-20-31(40-23(2)37)29(35-13-18-39-19-14-35)22-34(25,5)27(26)11-12-33(28,4)32(30)41-24(3)38/h1,25-32H,7-22H2,2-5H3/q+1/t25-,26?,27?,28?,29-,30-,31-,32-,33-,34-/m0/s1. The summed E-state index contributed by atoms with van der Waals surface area (Å²) >= 11 is 0. The normalized spacial score (nSPS) is 45.5. The van der Waals surface area contributed by atoms with Crippen LogP contribution in [-0.2, 0) is 23.8 Å². The number of ether oxygens (including phenoxy) is 3. The summed E-state index contributed by atoms with van der Waals surface area (Å²) in [6.45, 7) is 14.5. The lowest BCUT2D eigenvalue weighted by atomic mass is 9.44. The van der Waals surface area contributed by atoms with Crippen LogP contribution in [-0.4, -0.2) is 91.6 Å². The zero-order chi connectivity index (χ0) is 29.0. The van der Waals surface area contributed by atoms with Gasteiger partial charge in [-0.2, -0.15) is 0 Å². The zero-order valence-electron chi connectivity index (χ0n) is 25.9. The topological polar surface area (TPSA) is 65.1 Å². The van der Waals surface area contributed by atoms with E-state index in [9.17, 15) is 9.59 Å². The van der Waals surface area contributed by atoms with Crippen molar-refractivity contribution in [2.45, 2.75) is 110 Å². The Morgan fingerprint density at radius 1 is 0.976 bits per heavy atom. The van der Waals surface area contributed by atoms with Crippen molar-refractivity contribution in [3.63, 3.8) is 0 Å². The second-order valence-corrected chi connectivity index (χ2v) is 15.1. The minimum absolute atomic E-state index is 0.00168. The van der Waals surface area contributed by atoms with Crippen LogP contribution in [0.5, 0.6) is 0 Å². The number of nitrogens with zero attached hydrogens (tertiary/aromatic N) is 2. The van der Waals surface area contributed by atoms with E-state index in [4.69, 9.17) is 20.6 Å². The van der Waals surface area contributed by atoms with E-state index >= 15 is 0 Å². The summed E-state index contributed by atoms with van der Waals surface area (Å²) in [5, 5.41) is 0. The maximum atomic E-state index is 12.5. The van der Waals surface area contributed by atoms with Crippen LogP contribution in [0.1, 0.15) is 85.5 Å². The fraction of sp³-hybridized carbons (Fsp3) is 0.882. The summed E-state index contributed by atoms with van der Waals surface area (Å²) in [7, 11) is 0. The van der Waals surface area contributed by atoms with Crippen molar-refractivity contribution in [3.05, 3.63) is 0 Å². The minimum Gasteiger partial charge on any atom is -0.461 e. The highest BCUT2D eigenvalue weighted by atomic mass is 16.5. The third kappa shape index (κ3) is 4.94. The molecule has 0 aromatic rings. The Kier molecular flexibility index (Phi) is 8.00. The summed E-state index contributed by atoms with van der Waals surface area (Å²) in [6, 6.07) is 0.563. The average Bonchev–Trinajstić information content (AvgIpc) is 3.52. The van der Waals surface area contributed by atoms with Gasteiger partial charge < -0.3 is 18.7 Å². The van der Waals surface area contributed by atoms with Gasteiger partial charge in [-0.05, 0) is 73.5 Å². The lowest BCUT2D eigenvalue weighted by Gasteiger charge is -2.62. The fourth-order valence-electron chi connectivity index (χ4n) is 11.5. The Hall–Kier alpha value is -1.62. The molecule has 7 heteroatoms. The Bertz CT molecular complexity index is 1040. The maximum absolute atomic E-state index is 12.5. The third-order valence-electron chi connectivity index (χ3n) is 13.3. The van der Waals surface area contributed by atoms with E-state index in [1.165, 1.54) is 32.1 Å². The highest BCUT2D eigenvalue weighted by Crippen LogP contribution is 2.67. The molecule has 0 N–H and O–H groups in total. The van der Waals surface area contributed by atoms with Crippen molar-refractivity contribution in [2.75, 3.05) is 45.9 Å². The number of quaternary nitrogens is 1. The van der Waals surface area contributed by atoms with E-state index < -0.39 is 0 Å². The van der Waals surface area contributed by atoms with Gasteiger partial charge in [-0.3, -0.25) is 14.5 Å². The fourth-order valence-corrected chi connectivity index (χ4v) is 11.5. The molecule has 0 radical (unpaired) electrons. The van der Waals surface area contributed by atoms with Crippen LogP contribution in [0.3, 0.4) is 0 Å². The molecule has 6 fully saturated rings. The number of likely N-dealkylation sites (tertiary alicyclic amines) is 1. The number of rotatable bonds is 5. The molecule has 7 nitrogen and oxygen atoms in total. The van der Waals surface area contributed by atoms with Gasteiger partial charge in [0.1, 0.15) is 18.7 Å². The molecule has 228 valence electrons. The summed E-state index contributed by atoms with van der Waals surface area (Å²) in [5.74, 6) is 5.15. The molecular weight excluding hydrogens is 516 g/mol. The molecule has 4 aliphatic carbocycles. The Morgan fingerprint density at radius 3 is 2.34 bits per heavy atom. The number of hydrogen-bond donors (Lipinski definition) is 0. The number of carbonyl (C=O) groups is 2. The average molecular weight is 570 g/mol. The first-order valence-electron chi connectivity index (χ1n) is 16.6. The van der Waals surface area contributed by atoms with Crippen molar-refractivity contribution < 1.29 is 28.3 Å². The molecule has 2 saturated heterocycles. The van der Waals surface area contributed by atoms with Gasteiger partial charge in [0.25, 0.3) is 0 Å². The van der Waals surface area contributed by atoms with Crippen LogP contribution in [0.25, 0.3) is 0 Å². The van der Waals surface area contributed by atoms with Gasteiger partial charge in [-0.1, -0.05) is 13.8 Å². The van der Waals surface area contributed by atoms with Crippen LogP contribution in [0, 0.1) is 46.8 Å². The largest absolute Gasteiger partial charge is 0.461 e. The van der Waals surface area contributed by atoms with Crippen LogP contribution >= 0.6 is 0 Å². The van der Waals surface area contributed by atoms with Crippen LogP contribution in [0.15, 0.2) is 0 Å². The molecule has 4 saturated carbocycles. The molecule has 6 aliphatic rings. The molecule has 2 heterocycles. The lowest BCUT2D eigenvalue weighted by Crippen LogP contribution is -2.62. The Balaban J connectivity index is 1.30. The van der Waals surface area contributed by atoms with E-state index in [2.05, 4.69) is 24.7 Å². The van der Waals surface area contributed by atoms with Crippen LogP contribution in [0.2, 0.25) is 0 Å². The summed E-state index contributed by atoms with van der Waals surface area (Å²) < 4.78 is 19.0. The molecule has 3 unspecified atom stereocenters. The number of fused-ring (bicyclic) bond motifs is 5. The van der Waals surface area contributed by atoms with Crippen molar-refractivity contribution >= 4 is 11.9 Å². The van der Waals surface area contributed by atoms with Gasteiger partial charge in [0.15, 0.2) is 6.10 Å². The predicted octanol–water partition coefficient (Wildman–Crippen LogP) is 4.43. The van der Waals surface area contributed by atoms with E-state index in [-0.39, 0.29) is 41.0 Å². The quantitative estimate of drug-likeness (QED) is 0.277. The lowest BCUT2D eigenvalue weighted by molar-refractivity contribution is -0.936. The molecule has 0 aromatic carbocycles. The molecular formula is C34H53N2O5+. The summed E-state index contributed by atoms with van der Waals surface area (Å²) in [5.41, 5.74) is 0.222. The first-order chi connectivity index (χ1) is 19.6. The third-order valence-corrected chi connectivity index (χ3v) is 13.3. The SMILES string of the molecule is C#CC[N+]1([C@H]2CC3C4CC[C@H]5C[C@H](OC(C)=O)[C@@H](N6CCOCC6)C[C@]5(C)C4CC[C@]3(C)[C@H]2OC(C)=O)CCCC1. The number of carbonyl (C=O) groups excluding carboxylic acids is 2. The van der Waals surface area contributed by atoms with Gasteiger partial charge in [0.2, 0.25) is 0 Å². The van der Waals surface area contributed by atoms with Crippen molar-refractivity contribution in [3.8, 4) is 12.3 Å². The van der Waals surface area contributed by atoms with Gasteiger partial charge in [-0.15, -0.1) is 6.42 Å². The van der Waals surface area contributed by atoms with Crippen LogP contribution < -0.4 is 0 Å². The van der Waals surface area contributed by atoms with E-state index in [0.29, 0.717) is 29.7 Å². The molecule has 6 rings (SSSR count). The molecule has 2 aliphatic heterocycles. The first-order valence-corrected chi connectivity index (χ1v) is 16.6. The van der Waals surface area contributed by atoms with Gasteiger partial charge in [0, 0.05) is 57.7 Å². The predicted molar refractivity (Wildman–Crippen MR) is 156 cm³/mol. The number of terminal acetylenes is 1. The second-order valence-electron chi connectivity index (χ2n) is 15.1. The maximum Gasteiger partial charge on any atom is 0.303 e. The summed E-state index contributed by atoms with van der Waals surface area (Å²) in [6.07, 6.45) is 16.3. The molecule has 0 aromatic heterocycles. The van der Waals surface area contributed by atoms with Gasteiger partial charge in [0.05, 0.1) is 26.3 Å². The minimum atomic E-state index is -0.154. The molecule has 0 spiro atoms. The molecule has 10 atom stereocenters. The zero-order valence-corrected chi connectivity index (χ0v) is 25.9. The highest BCUT2D eigenvalue weighted by molar-refractivity contribution is 5.66. The first kappa shape index (κ1) is 29.5. The van der Waals surface area contributed by atoms with Crippen molar-refractivity contribution in [1.29, 1.82) is 0 Å². The highest BCUT2D eigenvalue weighted by Gasteiger charge is 2.68. The van der Waals surface area contributed by atoms with Gasteiger partial charge >= 0.3 is 11.9 Å². The van der Waals surface area contributed by atoms with Crippen LogP contribution in [0.4, 0.5) is 0 Å². The molecule has 41 heavy (non-hydrogen) atoms. The number of hydrogen-bond acceptors (Lipinski definition) is 6. The monoisotopic (exact) mass is 569 g/mol. The van der Waals surface area contributed by atoms with Crippen molar-refractivity contribution in [2.24, 2.45) is 34.5 Å². The molecule has 0 amide bonds. The van der Waals surface area contributed by atoms with E-state index in [0.717, 1.165) is 76.1 Å². The smallest absolute Gasteiger partial charge is 0.303 e. The number of morpholine rings is 1. The van der Waals surface area contributed by atoms with Crippen molar-refractivity contribution in [1.82, 2.24) is 4.90 Å². The van der Waals surface area contributed by atoms with E-state index in [1.807, 2.05) is 0 Å². The van der Waals surface area contributed by atoms with E-state index in [1.54, 1.807) is 13.8 Å². The van der Waals surface area contributed by atoms with Gasteiger partial charge in [-0.25, -0.2) is 0 Å². The molecule has 0 bridgehead atoms. The Labute approximate surface area is 247 Å². The second kappa shape index (κ2) is 11.1. The summed E-state index contributed by atoms with van der Waals surface area (Å²) in [4.78, 5) is 27.3. The Morgan fingerprint density at radius 2 is 1.68 bits per heavy atom.